The van der Waals surface area contributed by atoms with Gasteiger partial charge in [0.1, 0.15) is 0 Å². The lowest BCUT2D eigenvalue weighted by Crippen LogP contribution is -2.55. The second-order valence-electron chi connectivity index (χ2n) is 14.1. The van der Waals surface area contributed by atoms with Crippen molar-refractivity contribution >= 4 is 46.9 Å². The number of piperidine rings is 2. The Morgan fingerprint density at radius 1 is 0.885 bits per heavy atom. The fourth-order valence-corrected chi connectivity index (χ4v) is 8.29. The number of anilines is 2. The third-order valence-corrected chi connectivity index (χ3v) is 11.3. The Bertz CT molecular complexity index is 1660. The maximum Gasteiger partial charge on any atom is 0.418 e. The summed E-state index contributed by atoms with van der Waals surface area (Å²) in [5.74, 6) is -1.51. The number of amides is 5. The number of benzene rings is 2. The van der Waals surface area contributed by atoms with Crippen LogP contribution in [0.3, 0.4) is 0 Å². The minimum atomic E-state index is -4.76. The Morgan fingerprint density at radius 2 is 1.52 bits per heavy atom. The fourth-order valence-electron chi connectivity index (χ4n) is 8.05. The number of carbonyl (C=O) groups excluding carboxylic acids is 3. The summed E-state index contributed by atoms with van der Waals surface area (Å²) >= 11 is 6.14. The van der Waals surface area contributed by atoms with E-state index in [4.69, 9.17) is 17.3 Å². The van der Waals surface area contributed by atoms with Gasteiger partial charge in [-0.3, -0.25) is 14.5 Å². The largest absolute Gasteiger partial charge is 0.465 e. The van der Waals surface area contributed by atoms with Gasteiger partial charge in [0.2, 0.25) is 11.8 Å². The highest BCUT2D eigenvalue weighted by atomic mass is 35.5. The van der Waals surface area contributed by atoms with Gasteiger partial charge in [-0.1, -0.05) is 29.8 Å². The van der Waals surface area contributed by atoms with E-state index in [0.29, 0.717) is 91.0 Å². The lowest BCUT2D eigenvalue weighted by molar-refractivity contribution is -0.143. The van der Waals surface area contributed by atoms with E-state index in [-0.39, 0.29) is 53.4 Å². The van der Waals surface area contributed by atoms with Crippen LogP contribution in [0.25, 0.3) is 0 Å². The van der Waals surface area contributed by atoms with Crippen molar-refractivity contribution in [3.63, 3.8) is 0 Å². The number of rotatable bonds is 7. The molecule has 3 fully saturated rings. The number of para-hydroxylation sites is 1. The molecule has 0 saturated carbocycles. The normalized spacial score (nSPS) is 20.3. The van der Waals surface area contributed by atoms with Crippen molar-refractivity contribution in [3.8, 4) is 0 Å². The van der Waals surface area contributed by atoms with E-state index in [2.05, 4.69) is 10.2 Å². The first kappa shape index (κ1) is 37.5. The highest BCUT2D eigenvalue weighted by Gasteiger charge is 2.38. The van der Waals surface area contributed by atoms with Gasteiger partial charge in [-0.2, -0.15) is 13.2 Å². The number of nitrogens with two attached hydrogens (primary N) is 1. The van der Waals surface area contributed by atoms with E-state index in [1.807, 2.05) is 29.2 Å². The van der Waals surface area contributed by atoms with E-state index in [1.165, 1.54) is 11.0 Å². The van der Waals surface area contributed by atoms with Crippen LogP contribution in [-0.4, -0.2) is 125 Å². The molecule has 2 aromatic rings. The standard InChI is InChI=1S/C36H45ClF3N7O5/c37-29-21-23(20-28(32(29)41)36(38,39)40)19-25(33(49)45-12-6-26(7-13-45)43-15-17-46(18-16-43)35(51)52)22-31(48)44-10-8-27(9-11-44)47-14-5-24-3-1-2-4-30(24)42-34(47)50/h1-4,20-21,25-27H,5-19,22,41H2,(H,42,50)(H,51,52). The Morgan fingerprint density at radius 3 is 2.17 bits per heavy atom. The van der Waals surface area contributed by atoms with Crippen LogP contribution >= 0.6 is 11.6 Å². The lowest BCUT2D eigenvalue weighted by atomic mass is 9.91. The number of carboxylic acid groups (broad SMARTS) is 1. The number of nitrogen functional groups attached to an aromatic ring is 1. The van der Waals surface area contributed by atoms with Crippen LogP contribution in [0.2, 0.25) is 5.02 Å². The molecule has 5 amide bonds. The molecular formula is C36H45ClF3N7O5. The summed E-state index contributed by atoms with van der Waals surface area (Å²) in [6.45, 7) is 4.19. The van der Waals surface area contributed by atoms with Crippen molar-refractivity contribution in [1.29, 1.82) is 0 Å². The van der Waals surface area contributed by atoms with Gasteiger partial charge in [0, 0.05) is 83.1 Å². The molecule has 2 aromatic carbocycles. The summed E-state index contributed by atoms with van der Waals surface area (Å²) in [7, 11) is 0. The smallest absolute Gasteiger partial charge is 0.418 e. The van der Waals surface area contributed by atoms with Crippen LogP contribution < -0.4 is 11.1 Å². The molecule has 0 spiro atoms. The molecule has 4 aliphatic rings. The zero-order valence-corrected chi connectivity index (χ0v) is 29.7. The molecule has 16 heteroatoms. The fraction of sp³-hybridized carbons (Fsp3) is 0.556. The molecule has 52 heavy (non-hydrogen) atoms. The highest BCUT2D eigenvalue weighted by molar-refractivity contribution is 6.33. The van der Waals surface area contributed by atoms with Crippen molar-refractivity contribution in [2.75, 3.05) is 70.0 Å². The molecule has 0 bridgehead atoms. The van der Waals surface area contributed by atoms with E-state index in [1.54, 1.807) is 9.80 Å². The number of likely N-dealkylation sites (tertiary alicyclic amines) is 2. The molecule has 3 saturated heterocycles. The predicted molar refractivity (Wildman–Crippen MR) is 189 cm³/mol. The minimum absolute atomic E-state index is 0.0677. The van der Waals surface area contributed by atoms with Crippen LogP contribution in [-0.2, 0) is 28.6 Å². The number of halogens is 4. The van der Waals surface area contributed by atoms with Gasteiger partial charge in [0.25, 0.3) is 0 Å². The van der Waals surface area contributed by atoms with E-state index < -0.39 is 29.4 Å². The average molecular weight is 748 g/mol. The van der Waals surface area contributed by atoms with E-state index in [0.717, 1.165) is 17.3 Å². The van der Waals surface area contributed by atoms with E-state index >= 15 is 0 Å². The van der Waals surface area contributed by atoms with Gasteiger partial charge < -0.3 is 35.8 Å². The molecule has 4 heterocycles. The summed E-state index contributed by atoms with van der Waals surface area (Å²) in [5, 5.41) is 12.0. The molecule has 4 N–H and O–H groups in total. The first-order chi connectivity index (χ1) is 24.8. The number of nitrogens with one attached hydrogen (secondary N) is 1. The quantitative estimate of drug-likeness (QED) is 0.344. The summed E-state index contributed by atoms with van der Waals surface area (Å²) in [6, 6.07) is 9.86. The number of piperazine rings is 1. The molecule has 282 valence electrons. The summed E-state index contributed by atoms with van der Waals surface area (Å²) in [5.41, 5.74) is 6.02. The molecule has 4 aliphatic heterocycles. The summed E-state index contributed by atoms with van der Waals surface area (Å²) in [6.07, 6.45) is -2.86. The number of hydrogen-bond acceptors (Lipinski definition) is 6. The van der Waals surface area contributed by atoms with Crippen LogP contribution in [0.1, 0.15) is 48.8 Å². The summed E-state index contributed by atoms with van der Waals surface area (Å²) < 4.78 is 41.5. The third-order valence-electron chi connectivity index (χ3n) is 11.0. The molecule has 0 aromatic heterocycles. The molecule has 0 aliphatic carbocycles. The zero-order chi connectivity index (χ0) is 37.2. The monoisotopic (exact) mass is 747 g/mol. The number of nitrogens with zero attached hydrogens (tertiary/aromatic N) is 5. The van der Waals surface area contributed by atoms with Crippen LogP contribution in [0.5, 0.6) is 0 Å². The van der Waals surface area contributed by atoms with Crippen molar-refractivity contribution in [2.45, 2.75) is 63.2 Å². The molecule has 12 nitrogen and oxygen atoms in total. The van der Waals surface area contributed by atoms with Gasteiger partial charge >= 0.3 is 18.3 Å². The minimum Gasteiger partial charge on any atom is -0.465 e. The zero-order valence-electron chi connectivity index (χ0n) is 28.9. The molecule has 6 rings (SSSR count). The number of urea groups is 1. The Balaban J connectivity index is 1.11. The third kappa shape index (κ3) is 8.52. The highest BCUT2D eigenvalue weighted by Crippen LogP contribution is 2.38. The average Bonchev–Trinajstić information content (AvgIpc) is 3.30. The van der Waals surface area contributed by atoms with E-state index in [9.17, 15) is 37.5 Å². The first-order valence-corrected chi connectivity index (χ1v) is 18.3. The molecular weight excluding hydrogens is 703 g/mol. The summed E-state index contributed by atoms with van der Waals surface area (Å²) in [4.78, 5) is 61.2. The predicted octanol–water partition coefficient (Wildman–Crippen LogP) is 4.86. The second kappa shape index (κ2) is 15.8. The van der Waals surface area contributed by atoms with Crippen LogP contribution in [0.15, 0.2) is 36.4 Å². The van der Waals surface area contributed by atoms with Gasteiger partial charge in [0.05, 0.1) is 22.2 Å². The van der Waals surface area contributed by atoms with Gasteiger partial charge in [-0.05, 0) is 67.9 Å². The lowest BCUT2D eigenvalue weighted by Gasteiger charge is -2.42. The van der Waals surface area contributed by atoms with Gasteiger partial charge in [-0.25, -0.2) is 9.59 Å². The Labute approximate surface area is 305 Å². The maximum atomic E-state index is 14.1. The van der Waals surface area contributed by atoms with Crippen molar-refractivity contribution in [2.24, 2.45) is 5.92 Å². The topological polar surface area (TPSA) is 143 Å². The van der Waals surface area contributed by atoms with Crippen molar-refractivity contribution in [3.05, 3.63) is 58.1 Å². The molecule has 0 radical (unpaired) electrons. The van der Waals surface area contributed by atoms with Crippen LogP contribution in [0.4, 0.5) is 34.1 Å². The van der Waals surface area contributed by atoms with Gasteiger partial charge in [-0.15, -0.1) is 0 Å². The second-order valence-corrected chi connectivity index (χ2v) is 14.6. The van der Waals surface area contributed by atoms with Crippen molar-refractivity contribution in [1.82, 2.24) is 24.5 Å². The maximum absolute atomic E-state index is 14.1. The Hall–Kier alpha value is -4.24. The molecule has 1 atom stereocenters. The molecule has 1 unspecified atom stereocenters. The number of fused-ring (bicyclic) bond motifs is 1. The van der Waals surface area contributed by atoms with Crippen LogP contribution in [0, 0.1) is 5.92 Å². The number of hydrogen-bond donors (Lipinski definition) is 3. The first-order valence-electron chi connectivity index (χ1n) is 17.9. The number of carbonyl (C=O) groups is 4. The van der Waals surface area contributed by atoms with Gasteiger partial charge in [0.15, 0.2) is 0 Å². The Kier molecular flexibility index (Phi) is 11.4. The number of alkyl halides is 3. The van der Waals surface area contributed by atoms with Crippen molar-refractivity contribution < 1.29 is 37.5 Å². The SMILES string of the molecule is Nc1c(Cl)cc(CC(CC(=O)N2CCC(N3CCc4ccccc4NC3=O)CC2)C(=O)N2CCC(N3CCN(C(=O)O)CC3)CC2)cc1C(F)(F)F.